The summed E-state index contributed by atoms with van der Waals surface area (Å²) >= 11 is 0. The van der Waals surface area contributed by atoms with Gasteiger partial charge in [0.1, 0.15) is 0 Å². The molecule has 4 N–H and O–H groups in total. The molecule has 0 bridgehead atoms. The Bertz CT molecular complexity index is 195. The molecule has 0 saturated carbocycles. The molecule has 0 unspecified atom stereocenters. The van der Waals surface area contributed by atoms with Crippen molar-refractivity contribution in [2.24, 2.45) is 16.8 Å². The van der Waals surface area contributed by atoms with E-state index in [2.05, 4.69) is 36.5 Å². The van der Waals surface area contributed by atoms with Crippen LogP contribution in [-0.2, 0) is 4.74 Å². The quantitative estimate of drug-likeness (QED) is 0.188. The number of guanidine groups is 1. The summed E-state index contributed by atoms with van der Waals surface area (Å²) in [7, 11) is 0. The predicted octanol–water partition coefficient (Wildman–Crippen LogP) is 1.26. The van der Waals surface area contributed by atoms with Gasteiger partial charge in [0.2, 0.25) is 5.96 Å². The van der Waals surface area contributed by atoms with Gasteiger partial charge in [-0.15, -0.1) is 0 Å². The monoisotopic (exact) mass is 244 g/mol. The van der Waals surface area contributed by atoms with Crippen molar-refractivity contribution in [1.82, 2.24) is 10.7 Å². The molecule has 0 aromatic heterocycles. The minimum Gasteiger partial charge on any atom is -0.381 e. The lowest BCUT2D eigenvalue weighted by molar-refractivity contribution is 0.109. The summed E-state index contributed by atoms with van der Waals surface area (Å²) in [5.41, 5.74) is 2.57. The Morgan fingerprint density at radius 1 is 1.35 bits per heavy atom. The number of hydrogen-bond donors (Lipinski definition) is 3. The molecule has 0 rings (SSSR count). The topological polar surface area (TPSA) is 71.7 Å². The first-order valence-electron chi connectivity index (χ1n) is 6.53. The van der Waals surface area contributed by atoms with Crippen molar-refractivity contribution in [3.05, 3.63) is 0 Å². The highest BCUT2D eigenvalue weighted by Crippen LogP contribution is 1.93. The first-order valence-corrected chi connectivity index (χ1v) is 6.53. The average Bonchev–Trinajstić information content (AvgIpc) is 2.31. The summed E-state index contributed by atoms with van der Waals surface area (Å²) in [5.74, 6) is 6.62. The van der Waals surface area contributed by atoms with E-state index in [9.17, 15) is 0 Å². The van der Waals surface area contributed by atoms with Crippen LogP contribution in [0.4, 0.5) is 0 Å². The molecule has 5 nitrogen and oxygen atoms in total. The molecule has 0 atom stereocenters. The molecule has 0 heterocycles. The van der Waals surface area contributed by atoms with Crippen LogP contribution in [0.2, 0.25) is 0 Å². The molecule has 0 saturated heterocycles. The number of hydrogen-bond acceptors (Lipinski definition) is 3. The second-order valence-electron chi connectivity index (χ2n) is 4.48. The van der Waals surface area contributed by atoms with Crippen molar-refractivity contribution in [2.75, 3.05) is 26.3 Å². The third-order valence-electron chi connectivity index (χ3n) is 2.13. The first-order chi connectivity index (χ1) is 8.20. The van der Waals surface area contributed by atoms with E-state index in [0.29, 0.717) is 11.9 Å². The van der Waals surface area contributed by atoms with Crippen LogP contribution in [0, 0.1) is 5.92 Å². The molecule has 102 valence electrons. The van der Waals surface area contributed by atoms with Crippen LogP contribution in [0.3, 0.4) is 0 Å². The molecule has 0 aromatic rings. The number of rotatable bonds is 9. The normalized spacial score (nSPS) is 11.9. The van der Waals surface area contributed by atoms with Crippen molar-refractivity contribution in [3.63, 3.8) is 0 Å². The summed E-state index contributed by atoms with van der Waals surface area (Å²) < 4.78 is 5.47. The largest absolute Gasteiger partial charge is 0.381 e. The average molecular weight is 244 g/mol. The summed E-state index contributed by atoms with van der Waals surface area (Å²) in [5, 5.41) is 3.15. The van der Waals surface area contributed by atoms with E-state index >= 15 is 0 Å². The van der Waals surface area contributed by atoms with Gasteiger partial charge >= 0.3 is 0 Å². The highest BCUT2D eigenvalue weighted by atomic mass is 16.5. The first kappa shape index (κ1) is 16.2. The second kappa shape index (κ2) is 11.7. The summed E-state index contributed by atoms with van der Waals surface area (Å²) in [4.78, 5) is 4.32. The lowest BCUT2D eigenvalue weighted by Crippen LogP contribution is -2.42. The van der Waals surface area contributed by atoms with Crippen molar-refractivity contribution in [1.29, 1.82) is 0 Å². The van der Waals surface area contributed by atoms with E-state index in [1.165, 1.54) is 0 Å². The number of hydrazine groups is 1. The molecule has 0 spiro atoms. The predicted molar refractivity (Wildman–Crippen MR) is 72.8 cm³/mol. The number of nitrogens with one attached hydrogen (secondary N) is 2. The van der Waals surface area contributed by atoms with Crippen molar-refractivity contribution in [2.45, 2.75) is 40.0 Å². The summed E-state index contributed by atoms with van der Waals surface area (Å²) in [6, 6.07) is 0. The van der Waals surface area contributed by atoms with Gasteiger partial charge in [-0.3, -0.25) is 10.4 Å². The molecule has 0 aliphatic carbocycles. The number of unbranched alkanes of at least 4 members (excludes halogenated alkanes) is 1. The Morgan fingerprint density at radius 3 is 2.71 bits per heavy atom. The fourth-order valence-corrected chi connectivity index (χ4v) is 1.21. The molecule has 0 aromatic carbocycles. The van der Waals surface area contributed by atoms with E-state index in [0.717, 1.165) is 45.6 Å². The summed E-state index contributed by atoms with van der Waals surface area (Å²) in [6.45, 7) is 9.66. The Kier molecular flexibility index (Phi) is 11.1. The molecule has 0 fully saturated rings. The standard InChI is InChI=1S/C12H28N4O/c1-4-5-7-14-12(16-13)15-8-6-9-17-10-11(2)3/h11H,4-10,13H2,1-3H3,(H2,14,15,16). The number of ether oxygens (including phenoxy) is 1. The Labute approximate surface area is 105 Å². The zero-order valence-corrected chi connectivity index (χ0v) is 11.5. The zero-order valence-electron chi connectivity index (χ0n) is 11.5. The van der Waals surface area contributed by atoms with E-state index in [4.69, 9.17) is 10.6 Å². The van der Waals surface area contributed by atoms with Crippen LogP contribution in [0.1, 0.15) is 40.0 Å². The molecular formula is C12H28N4O. The minimum atomic E-state index is 0.593. The zero-order chi connectivity index (χ0) is 12.9. The van der Waals surface area contributed by atoms with Crippen molar-refractivity contribution < 1.29 is 4.74 Å². The lowest BCUT2D eigenvalue weighted by atomic mass is 10.2. The fraction of sp³-hybridized carbons (Fsp3) is 0.917. The molecule has 0 aliphatic heterocycles. The van der Waals surface area contributed by atoms with Gasteiger partial charge in [0.05, 0.1) is 0 Å². The number of nitrogens with zero attached hydrogens (tertiary/aromatic N) is 1. The third-order valence-corrected chi connectivity index (χ3v) is 2.13. The molecule has 0 radical (unpaired) electrons. The van der Waals surface area contributed by atoms with Crippen molar-refractivity contribution in [3.8, 4) is 0 Å². The maximum Gasteiger partial charge on any atom is 0.205 e. The number of nitrogens with two attached hydrogens (primary N) is 1. The van der Waals surface area contributed by atoms with Gasteiger partial charge in [-0.1, -0.05) is 27.2 Å². The lowest BCUT2D eigenvalue weighted by Gasteiger charge is -2.09. The van der Waals surface area contributed by atoms with E-state index < -0.39 is 0 Å². The van der Waals surface area contributed by atoms with Gasteiger partial charge in [0.15, 0.2) is 0 Å². The van der Waals surface area contributed by atoms with Gasteiger partial charge in [-0.25, -0.2) is 5.84 Å². The van der Waals surface area contributed by atoms with Crippen LogP contribution in [-0.4, -0.2) is 32.3 Å². The third kappa shape index (κ3) is 11.5. The van der Waals surface area contributed by atoms with Gasteiger partial charge in [-0.2, -0.15) is 0 Å². The molecule has 0 amide bonds. The summed E-state index contributed by atoms with van der Waals surface area (Å²) in [6.07, 6.45) is 3.21. The smallest absolute Gasteiger partial charge is 0.205 e. The SMILES string of the molecule is CCCCNC(=NCCCOCC(C)C)NN. The van der Waals surface area contributed by atoms with Gasteiger partial charge in [0.25, 0.3) is 0 Å². The van der Waals surface area contributed by atoms with Crippen LogP contribution >= 0.6 is 0 Å². The number of aliphatic imine (C=N–C) groups is 1. The van der Waals surface area contributed by atoms with E-state index in [-0.39, 0.29) is 0 Å². The Balaban J connectivity index is 3.50. The van der Waals surface area contributed by atoms with Crippen LogP contribution in [0.25, 0.3) is 0 Å². The minimum absolute atomic E-state index is 0.593. The van der Waals surface area contributed by atoms with Crippen LogP contribution in [0.5, 0.6) is 0 Å². The molecule has 5 heteroatoms. The second-order valence-corrected chi connectivity index (χ2v) is 4.48. The Hall–Kier alpha value is -0.810. The van der Waals surface area contributed by atoms with Gasteiger partial charge in [-0.05, 0) is 18.8 Å². The van der Waals surface area contributed by atoms with Gasteiger partial charge < -0.3 is 10.1 Å². The highest BCUT2D eigenvalue weighted by molar-refractivity contribution is 5.79. The van der Waals surface area contributed by atoms with Crippen LogP contribution < -0.4 is 16.6 Å². The molecular weight excluding hydrogens is 216 g/mol. The van der Waals surface area contributed by atoms with E-state index in [1.807, 2.05) is 0 Å². The van der Waals surface area contributed by atoms with Crippen LogP contribution in [0.15, 0.2) is 4.99 Å². The molecule has 17 heavy (non-hydrogen) atoms. The molecule has 0 aliphatic rings. The maximum atomic E-state index is 5.47. The van der Waals surface area contributed by atoms with Crippen molar-refractivity contribution >= 4 is 5.96 Å². The van der Waals surface area contributed by atoms with Gasteiger partial charge in [0, 0.05) is 26.3 Å². The highest BCUT2D eigenvalue weighted by Gasteiger charge is 1.95. The van der Waals surface area contributed by atoms with E-state index in [1.54, 1.807) is 0 Å². The maximum absolute atomic E-state index is 5.47. The fourth-order valence-electron chi connectivity index (χ4n) is 1.21. The Morgan fingerprint density at radius 2 is 2.12 bits per heavy atom.